The maximum atomic E-state index is 12.8. The lowest BCUT2D eigenvalue weighted by Crippen LogP contribution is -2.35. The zero-order valence-electron chi connectivity index (χ0n) is 17.0. The Morgan fingerprint density at radius 3 is 2.73 bits per heavy atom. The van der Waals surface area contributed by atoms with E-state index in [4.69, 9.17) is 9.47 Å². The summed E-state index contributed by atoms with van der Waals surface area (Å²) in [5.41, 5.74) is 2.34. The molecule has 0 aliphatic carbocycles. The number of allylic oxidation sites excluding steroid dienone is 1. The summed E-state index contributed by atoms with van der Waals surface area (Å²) in [6.45, 7) is 3.98. The predicted octanol–water partition coefficient (Wildman–Crippen LogP) is 4.28. The molecule has 0 bridgehead atoms. The minimum atomic E-state index is -0.230. The smallest absolute Gasteiger partial charge is 0.189 e. The number of hydrogen-bond acceptors (Lipinski definition) is 5. The minimum Gasteiger partial charge on any atom is -0.507 e. The maximum absolute atomic E-state index is 12.8. The number of methoxy groups -OCH3 is 1. The summed E-state index contributed by atoms with van der Waals surface area (Å²) in [4.78, 5) is 15.1. The highest BCUT2D eigenvalue weighted by atomic mass is 16.5. The number of benzene rings is 3. The number of ether oxygens (including phenoxy) is 2. The second kappa shape index (κ2) is 9.11. The van der Waals surface area contributed by atoms with Crippen LogP contribution in [0.2, 0.25) is 0 Å². The van der Waals surface area contributed by atoms with Crippen molar-refractivity contribution in [1.29, 1.82) is 0 Å². The van der Waals surface area contributed by atoms with Crippen molar-refractivity contribution < 1.29 is 19.4 Å². The Morgan fingerprint density at radius 2 is 1.93 bits per heavy atom. The Bertz CT molecular complexity index is 1080. The van der Waals surface area contributed by atoms with Crippen LogP contribution in [0.5, 0.6) is 11.5 Å². The number of phenols is 1. The van der Waals surface area contributed by atoms with Crippen LogP contribution in [0.4, 0.5) is 0 Å². The molecule has 0 atom stereocenters. The van der Waals surface area contributed by atoms with Gasteiger partial charge < -0.3 is 14.6 Å². The molecule has 0 saturated carbocycles. The van der Waals surface area contributed by atoms with Crippen molar-refractivity contribution in [3.8, 4) is 11.5 Å². The first-order valence-corrected chi connectivity index (χ1v) is 10.1. The van der Waals surface area contributed by atoms with E-state index in [9.17, 15) is 9.90 Å². The summed E-state index contributed by atoms with van der Waals surface area (Å²) in [5.74, 6) is 0.575. The maximum Gasteiger partial charge on any atom is 0.189 e. The van der Waals surface area contributed by atoms with Gasteiger partial charge in [-0.2, -0.15) is 0 Å². The summed E-state index contributed by atoms with van der Waals surface area (Å²) in [7, 11) is 1.65. The monoisotopic (exact) mass is 403 g/mol. The van der Waals surface area contributed by atoms with E-state index in [2.05, 4.69) is 4.90 Å². The number of phenolic OH excluding ortho intramolecular Hbond substituents is 1. The van der Waals surface area contributed by atoms with Crippen molar-refractivity contribution in [2.75, 3.05) is 33.4 Å². The van der Waals surface area contributed by atoms with Gasteiger partial charge in [0.1, 0.15) is 11.5 Å². The van der Waals surface area contributed by atoms with Gasteiger partial charge in [-0.15, -0.1) is 0 Å². The minimum absolute atomic E-state index is 0.0195. The number of carbonyl (C=O) groups is 1. The normalized spacial score (nSPS) is 15.0. The molecule has 30 heavy (non-hydrogen) atoms. The molecular weight excluding hydrogens is 378 g/mol. The molecule has 0 spiro atoms. The zero-order valence-corrected chi connectivity index (χ0v) is 17.0. The molecule has 5 nitrogen and oxygen atoms in total. The Morgan fingerprint density at radius 1 is 1.13 bits per heavy atom. The molecule has 1 aliphatic heterocycles. The van der Waals surface area contributed by atoms with Gasteiger partial charge in [-0.1, -0.05) is 42.5 Å². The average molecular weight is 403 g/mol. The first kappa shape index (κ1) is 20.1. The van der Waals surface area contributed by atoms with Crippen LogP contribution in [0.25, 0.3) is 16.8 Å². The third-order valence-corrected chi connectivity index (χ3v) is 5.43. The summed E-state index contributed by atoms with van der Waals surface area (Å²) < 4.78 is 10.8. The number of carbonyl (C=O) groups excluding carboxylic acids is 1. The van der Waals surface area contributed by atoms with Crippen molar-refractivity contribution in [3.63, 3.8) is 0 Å². The van der Waals surface area contributed by atoms with E-state index in [1.807, 2.05) is 54.6 Å². The third-order valence-electron chi connectivity index (χ3n) is 5.43. The summed E-state index contributed by atoms with van der Waals surface area (Å²) in [5, 5.41) is 12.1. The number of morpholine rings is 1. The molecule has 0 unspecified atom stereocenters. The first-order valence-electron chi connectivity index (χ1n) is 10.1. The summed E-state index contributed by atoms with van der Waals surface area (Å²) in [6.07, 6.45) is 3.33. The Hall–Kier alpha value is -3.15. The molecule has 0 radical (unpaired) electrons. The van der Waals surface area contributed by atoms with Gasteiger partial charge in [-0.25, -0.2) is 0 Å². The third kappa shape index (κ3) is 4.37. The number of nitrogens with zero attached hydrogens (tertiary/aromatic N) is 1. The van der Waals surface area contributed by atoms with E-state index in [0.29, 0.717) is 10.9 Å². The van der Waals surface area contributed by atoms with Gasteiger partial charge in [-0.3, -0.25) is 9.69 Å². The van der Waals surface area contributed by atoms with Crippen molar-refractivity contribution in [2.45, 2.75) is 6.54 Å². The number of hydrogen-bond donors (Lipinski definition) is 1. The fourth-order valence-corrected chi connectivity index (χ4v) is 3.72. The molecule has 1 heterocycles. The predicted molar refractivity (Wildman–Crippen MR) is 118 cm³/mol. The molecule has 4 rings (SSSR count). The van der Waals surface area contributed by atoms with Crippen LogP contribution in [-0.2, 0) is 11.3 Å². The van der Waals surface area contributed by atoms with Crippen molar-refractivity contribution >= 4 is 22.6 Å². The zero-order chi connectivity index (χ0) is 20.9. The van der Waals surface area contributed by atoms with Crippen LogP contribution in [-0.4, -0.2) is 49.2 Å². The highest BCUT2D eigenvalue weighted by Gasteiger charge is 2.14. The summed E-state index contributed by atoms with van der Waals surface area (Å²) in [6, 6.07) is 16.9. The highest BCUT2D eigenvalue weighted by molar-refractivity contribution is 6.11. The van der Waals surface area contributed by atoms with E-state index in [1.54, 1.807) is 13.2 Å². The lowest BCUT2D eigenvalue weighted by atomic mass is 10.0. The quantitative estimate of drug-likeness (QED) is 0.492. The van der Waals surface area contributed by atoms with Crippen molar-refractivity contribution in [1.82, 2.24) is 4.90 Å². The van der Waals surface area contributed by atoms with E-state index in [-0.39, 0.29) is 11.5 Å². The van der Waals surface area contributed by atoms with Crippen LogP contribution in [0.1, 0.15) is 21.5 Å². The van der Waals surface area contributed by atoms with Crippen LogP contribution >= 0.6 is 0 Å². The lowest BCUT2D eigenvalue weighted by Gasteiger charge is -2.27. The number of ketones is 1. The Kier molecular flexibility index (Phi) is 6.12. The van der Waals surface area contributed by atoms with E-state index < -0.39 is 0 Å². The van der Waals surface area contributed by atoms with Crippen LogP contribution in [0.3, 0.4) is 0 Å². The van der Waals surface area contributed by atoms with Crippen molar-refractivity contribution in [2.24, 2.45) is 0 Å². The second-order valence-electron chi connectivity index (χ2n) is 7.33. The summed E-state index contributed by atoms with van der Waals surface area (Å²) >= 11 is 0. The van der Waals surface area contributed by atoms with Gasteiger partial charge in [0.25, 0.3) is 0 Å². The van der Waals surface area contributed by atoms with Gasteiger partial charge in [0.05, 0.1) is 25.9 Å². The molecule has 0 amide bonds. The number of rotatable bonds is 6. The Balaban J connectivity index is 1.60. The van der Waals surface area contributed by atoms with Gasteiger partial charge in [-0.05, 0) is 40.8 Å². The molecule has 1 aliphatic rings. The first-order chi connectivity index (χ1) is 14.7. The van der Waals surface area contributed by atoms with E-state index in [0.717, 1.165) is 55.1 Å². The SMILES string of the molecule is COc1ccc(C=CC(=O)c2ccc3ccccc3c2O)c(CN2CCOCC2)c1. The average Bonchev–Trinajstić information content (AvgIpc) is 2.79. The second-order valence-corrected chi connectivity index (χ2v) is 7.33. The standard InChI is InChI=1S/C25H25NO4/c1-29-21-9-6-18(20(16-21)17-26-12-14-30-15-13-26)8-11-24(27)23-10-7-19-4-2-3-5-22(19)25(23)28/h2-11,16,28H,12-15,17H2,1H3. The molecule has 3 aromatic rings. The largest absolute Gasteiger partial charge is 0.507 e. The van der Waals surface area contributed by atoms with Crippen LogP contribution < -0.4 is 4.74 Å². The number of fused-ring (bicyclic) bond motifs is 1. The Labute approximate surface area is 176 Å². The van der Waals surface area contributed by atoms with E-state index in [1.165, 1.54) is 6.08 Å². The molecule has 154 valence electrons. The van der Waals surface area contributed by atoms with Crippen LogP contribution in [0.15, 0.2) is 60.7 Å². The fourth-order valence-electron chi connectivity index (χ4n) is 3.72. The molecule has 0 aromatic heterocycles. The van der Waals surface area contributed by atoms with Gasteiger partial charge in [0, 0.05) is 25.0 Å². The molecule has 1 fully saturated rings. The molecular formula is C25H25NO4. The molecule has 1 saturated heterocycles. The van der Waals surface area contributed by atoms with Crippen LogP contribution in [0, 0.1) is 0 Å². The molecule has 5 heteroatoms. The molecule has 3 aromatic carbocycles. The fraction of sp³-hybridized carbons (Fsp3) is 0.240. The van der Waals surface area contributed by atoms with Gasteiger partial charge in [0.2, 0.25) is 0 Å². The highest BCUT2D eigenvalue weighted by Crippen LogP contribution is 2.29. The topological polar surface area (TPSA) is 59.0 Å². The van der Waals surface area contributed by atoms with Gasteiger partial charge >= 0.3 is 0 Å². The molecule has 1 N–H and O–H groups in total. The lowest BCUT2D eigenvalue weighted by molar-refractivity contribution is 0.0341. The van der Waals surface area contributed by atoms with Gasteiger partial charge in [0.15, 0.2) is 5.78 Å². The van der Waals surface area contributed by atoms with Crippen molar-refractivity contribution in [3.05, 3.63) is 77.4 Å². The number of aromatic hydroxyl groups is 1. The van der Waals surface area contributed by atoms with E-state index >= 15 is 0 Å².